The fourth-order valence-electron chi connectivity index (χ4n) is 1.56. The van der Waals surface area contributed by atoms with Gasteiger partial charge in [-0.15, -0.1) is 16.4 Å². The van der Waals surface area contributed by atoms with Gasteiger partial charge in [-0.25, -0.2) is 19.6 Å². The van der Waals surface area contributed by atoms with Crippen molar-refractivity contribution in [3.05, 3.63) is 29.4 Å². The highest BCUT2D eigenvalue weighted by molar-refractivity contribution is 7.16. The summed E-state index contributed by atoms with van der Waals surface area (Å²) in [6.45, 7) is 0.340. The van der Waals surface area contributed by atoms with Crippen LogP contribution in [0.5, 0.6) is 0 Å². The molecule has 3 rings (SSSR count). The Hall–Kier alpha value is -2.53. The molecule has 0 atom stereocenters. The highest BCUT2D eigenvalue weighted by Crippen LogP contribution is 2.22. The Bertz CT molecular complexity index is 751. The van der Waals surface area contributed by atoms with Gasteiger partial charge in [-0.1, -0.05) is 0 Å². The number of nitrogens with two attached hydrogens (primary N) is 1. The van der Waals surface area contributed by atoms with E-state index in [1.54, 1.807) is 0 Å². The molecule has 0 radical (unpaired) electrons. The summed E-state index contributed by atoms with van der Waals surface area (Å²) in [5.74, 6) is 1.13. The monoisotopic (exact) mass is 257 g/mol. The lowest BCUT2D eigenvalue weighted by atomic mass is 10.4. The van der Waals surface area contributed by atoms with Crippen molar-refractivity contribution in [2.75, 3.05) is 5.73 Å². The first-order chi connectivity index (χ1) is 8.76. The molecule has 0 aliphatic heterocycles. The molecule has 0 amide bonds. The zero-order valence-electron chi connectivity index (χ0n) is 9.11. The Kier molecular flexibility index (Phi) is 2.39. The van der Waals surface area contributed by atoms with Crippen molar-refractivity contribution in [1.29, 1.82) is 5.26 Å². The van der Waals surface area contributed by atoms with E-state index in [0.717, 1.165) is 10.2 Å². The van der Waals surface area contributed by atoms with E-state index in [2.05, 4.69) is 20.1 Å². The molecular formula is C10H7N7S. The number of hydrogen-bond donors (Lipinski definition) is 1. The molecule has 7 nitrogen and oxygen atoms in total. The van der Waals surface area contributed by atoms with Gasteiger partial charge in [0, 0.05) is 0 Å². The molecule has 0 saturated heterocycles. The van der Waals surface area contributed by atoms with E-state index >= 15 is 0 Å². The maximum atomic E-state index is 8.64. The molecule has 0 saturated carbocycles. The fourth-order valence-corrected chi connectivity index (χ4v) is 2.35. The third kappa shape index (κ3) is 1.76. The SMILES string of the molecule is N#Cc1ncn(Cc2nc(N)c3ccsc3n2)n1. The fraction of sp³-hybridized carbons (Fsp3) is 0.100. The number of thiophene rings is 1. The Labute approximate surface area is 106 Å². The molecule has 0 fully saturated rings. The lowest BCUT2D eigenvalue weighted by Crippen LogP contribution is -2.06. The van der Waals surface area contributed by atoms with Crippen LogP contribution in [0.2, 0.25) is 0 Å². The maximum Gasteiger partial charge on any atom is 0.252 e. The van der Waals surface area contributed by atoms with Gasteiger partial charge in [0.2, 0.25) is 0 Å². The van der Waals surface area contributed by atoms with E-state index in [1.165, 1.54) is 22.3 Å². The predicted octanol–water partition coefficient (Wildman–Crippen LogP) is 0.785. The zero-order chi connectivity index (χ0) is 12.5. The summed E-state index contributed by atoms with van der Waals surface area (Å²) in [4.78, 5) is 13.2. The average molecular weight is 257 g/mol. The van der Waals surface area contributed by atoms with E-state index in [4.69, 9.17) is 11.0 Å². The van der Waals surface area contributed by atoms with Crippen molar-refractivity contribution in [2.45, 2.75) is 6.54 Å². The molecule has 8 heteroatoms. The number of fused-ring (bicyclic) bond motifs is 1. The first kappa shape index (κ1) is 10.6. The van der Waals surface area contributed by atoms with Crippen molar-refractivity contribution in [3.63, 3.8) is 0 Å². The second kappa shape index (κ2) is 4.05. The first-order valence-electron chi connectivity index (χ1n) is 5.05. The summed E-state index contributed by atoms with van der Waals surface area (Å²) in [7, 11) is 0. The minimum absolute atomic E-state index is 0.125. The molecule has 3 aromatic heterocycles. The molecule has 3 aromatic rings. The summed E-state index contributed by atoms with van der Waals surface area (Å²) in [6.07, 6.45) is 1.47. The lowest BCUT2D eigenvalue weighted by molar-refractivity contribution is 0.655. The third-order valence-corrected chi connectivity index (χ3v) is 3.15. The van der Waals surface area contributed by atoms with Crippen molar-refractivity contribution in [1.82, 2.24) is 24.7 Å². The molecule has 0 aliphatic carbocycles. The van der Waals surface area contributed by atoms with Crippen LogP contribution in [0.1, 0.15) is 11.6 Å². The number of anilines is 1. The summed E-state index contributed by atoms with van der Waals surface area (Å²) < 4.78 is 1.51. The van der Waals surface area contributed by atoms with Crippen molar-refractivity contribution in [3.8, 4) is 6.07 Å². The smallest absolute Gasteiger partial charge is 0.252 e. The summed E-state index contributed by atoms with van der Waals surface area (Å²) in [5.41, 5.74) is 5.84. The highest BCUT2D eigenvalue weighted by Gasteiger charge is 2.08. The van der Waals surface area contributed by atoms with E-state index in [9.17, 15) is 0 Å². The van der Waals surface area contributed by atoms with Crippen LogP contribution < -0.4 is 5.73 Å². The van der Waals surface area contributed by atoms with Gasteiger partial charge >= 0.3 is 0 Å². The maximum absolute atomic E-state index is 8.64. The summed E-state index contributed by atoms with van der Waals surface area (Å²) in [6, 6.07) is 3.75. The molecule has 0 unspecified atom stereocenters. The average Bonchev–Trinajstić information content (AvgIpc) is 2.97. The van der Waals surface area contributed by atoms with Gasteiger partial charge in [0.05, 0.1) is 5.39 Å². The largest absolute Gasteiger partial charge is 0.383 e. The van der Waals surface area contributed by atoms with E-state index in [0.29, 0.717) is 18.2 Å². The van der Waals surface area contributed by atoms with E-state index in [-0.39, 0.29) is 5.82 Å². The van der Waals surface area contributed by atoms with E-state index < -0.39 is 0 Å². The molecule has 0 aromatic carbocycles. The molecule has 3 heterocycles. The second-order valence-electron chi connectivity index (χ2n) is 3.54. The van der Waals surface area contributed by atoms with Gasteiger partial charge in [0.15, 0.2) is 5.82 Å². The van der Waals surface area contributed by atoms with Gasteiger partial charge in [0.25, 0.3) is 5.82 Å². The standard InChI is InChI=1S/C10H7N7S/c11-3-7-13-5-17(16-7)4-8-14-9(12)6-1-2-18-10(6)15-8/h1-2,5H,4H2,(H2,12,14,15). The highest BCUT2D eigenvalue weighted by atomic mass is 32.1. The predicted molar refractivity (Wildman–Crippen MR) is 65.7 cm³/mol. The third-order valence-electron chi connectivity index (χ3n) is 2.34. The molecule has 88 valence electrons. The number of rotatable bonds is 2. The number of aromatic nitrogens is 5. The Morgan fingerprint density at radius 1 is 1.44 bits per heavy atom. The molecule has 0 aliphatic rings. The van der Waals surface area contributed by atoms with Crippen LogP contribution in [0.25, 0.3) is 10.2 Å². The Morgan fingerprint density at radius 2 is 2.33 bits per heavy atom. The number of nitriles is 1. The van der Waals surface area contributed by atoms with Crippen LogP contribution in [0, 0.1) is 11.3 Å². The van der Waals surface area contributed by atoms with Crippen LogP contribution in [-0.2, 0) is 6.54 Å². The van der Waals surface area contributed by atoms with Gasteiger partial charge < -0.3 is 5.73 Å². The molecule has 0 bridgehead atoms. The normalized spacial score (nSPS) is 10.6. The molecule has 0 spiro atoms. The van der Waals surface area contributed by atoms with Crippen LogP contribution >= 0.6 is 11.3 Å². The van der Waals surface area contributed by atoms with Crippen molar-refractivity contribution in [2.24, 2.45) is 0 Å². The second-order valence-corrected chi connectivity index (χ2v) is 4.44. The van der Waals surface area contributed by atoms with Crippen LogP contribution in [-0.4, -0.2) is 24.7 Å². The van der Waals surface area contributed by atoms with Gasteiger partial charge in [-0.05, 0) is 11.4 Å². The van der Waals surface area contributed by atoms with Crippen molar-refractivity contribution >= 4 is 27.4 Å². The van der Waals surface area contributed by atoms with Gasteiger partial charge in [-0.2, -0.15) is 5.26 Å². The number of hydrogen-bond acceptors (Lipinski definition) is 7. The van der Waals surface area contributed by atoms with Gasteiger partial charge in [-0.3, -0.25) is 0 Å². The summed E-state index contributed by atoms with van der Waals surface area (Å²) in [5, 5.41) is 15.4. The zero-order valence-corrected chi connectivity index (χ0v) is 9.92. The Morgan fingerprint density at radius 3 is 3.11 bits per heavy atom. The number of nitrogen functional groups attached to an aromatic ring is 1. The van der Waals surface area contributed by atoms with Crippen LogP contribution in [0.15, 0.2) is 17.8 Å². The van der Waals surface area contributed by atoms with Gasteiger partial charge in [0.1, 0.15) is 29.6 Å². The first-order valence-corrected chi connectivity index (χ1v) is 5.93. The van der Waals surface area contributed by atoms with Crippen molar-refractivity contribution < 1.29 is 0 Å². The molecule has 2 N–H and O–H groups in total. The van der Waals surface area contributed by atoms with E-state index in [1.807, 2.05) is 17.5 Å². The van der Waals surface area contributed by atoms with Crippen LogP contribution in [0.3, 0.4) is 0 Å². The lowest BCUT2D eigenvalue weighted by Gasteiger charge is -2.01. The molecule has 18 heavy (non-hydrogen) atoms. The summed E-state index contributed by atoms with van der Waals surface area (Å²) >= 11 is 1.51. The van der Waals surface area contributed by atoms with Crippen LogP contribution in [0.4, 0.5) is 5.82 Å². The topological polar surface area (TPSA) is 106 Å². The minimum atomic E-state index is 0.125. The minimum Gasteiger partial charge on any atom is -0.383 e. The Balaban J connectivity index is 1.97. The quantitative estimate of drug-likeness (QED) is 0.727. The number of nitrogens with zero attached hydrogens (tertiary/aromatic N) is 6. The molecular weight excluding hydrogens is 250 g/mol.